The summed E-state index contributed by atoms with van der Waals surface area (Å²) in [6.45, 7) is 4.17. The molecule has 2 aromatic rings. The van der Waals surface area contributed by atoms with Crippen molar-refractivity contribution in [3.63, 3.8) is 0 Å². The van der Waals surface area contributed by atoms with Gasteiger partial charge in [0.1, 0.15) is 16.9 Å². The quantitative estimate of drug-likeness (QED) is 0.802. The van der Waals surface area contributed by atoms with E-state index in [2.05, 4.69) is 6.92 Å². The predicted molar refractivity (Wildman–Crippen MR) is 104 cm³/mol. The Hall–Kier alpha value is -1.92. The Bertz CT molecular complexity index is 873. The highest BCUT2D eigenvalue weighted by Gasteiger charge is 2.69. The van der Waals surface area contributed by atoms with Crippen molar-refractivity contribution >= 4 is 17.2 Å². The number of rotatable bonds is 4. The smallest absolute Gasteiger partial charge is 0.229 e. The molecule has 1 aromatic heterocycles. The summed E-state index contributed by atoms with van der Waals surface area (Å²) in [5.74, 6) is 1.15. The maximum Gasteiger partial charge on any atom is 0.229 e. The van der Waals surface area contributed by atoms with Crippen LogP contribution in [0.2, 0.25) is 0 Å². The van der Waals surface area contributed by atoms with E-state index >= 15 is 0 Å². The minimum atomic E-state index is -0.140. The van der Waals surface area contributed by atoms with Crippen molar-refractivity contribution < 1.29 is 14.3 Å². The fourth-order valence-electron chi connectivity index (χ4n) is 5.26. The van der Waals surface area contributed by atoms with Crippen molar-refractivity contribution in [3.05, 3.63) is 34.7 Å². The minimum Gasteiger partial charge on any atom is -0.496 e. The first kappa shape index (κ1) is 17.2. The number of nitrogens with zero attached hydrogens (tertiary/aromatic N) is 2. The van der Waals surface area contributed by atoms with Gasteiger partial charge in [0.15, 0.2) is 0 Å². The number of amides is 1. The van der Waals surface area contributed by atoms with Gasteiger partial charge in [0.25, 0.3) is 0 Å². The van der Waals surface area contributed by atoms with E-state index in [1.54, 1.807) is 18.4 Å². The lowest BCUT2D eigenvalue weighted by Crippen LogP contribution is -2.67. The molecule has 0 unspecified atom stereocenters. The van der Waals surface area contributed by atoms with Crippen LogP contribution in [0.15, 0.2) is 29.6 Å². The Labute approximate surface area is 163 Å². The molecular formula is C21H24N2O3S. The van der Waals surface area contributed by atoms with E-state index in [-0.39, 0.29) is 11.5 Å². The molecular weight excluding hydrogens is 360 g/mol. The number of aromatic nitrogens is 1. The van der Waals surface area contributed by atoms with E-state index in [1.165, 1.54) is 0 Å². The molecule has 5 nitrogen and oxygen atoms in total. The SMILES string of the molecule is COc1ccccc1-c1csc([C@H]2CN(C(=O)C34CC(C)(C3)C4)CCO2)n1. The van der Waals surface area contributed by atoms with E-state index in [9.17, 15) is 4.79 Å². The van der Waals surface area contributed by atoms with Gasteiger partial charge in [-0.05, 0) is 36.8 Å². The van der Waals surface area contributed by atoms with Gasteiger partial charge in [0.05, 0.1) is 31.4 Å². The summed E-state index contributed by atoms with van der Waals surface area (Å²) in [4.78, 5) is 19.8. The monoisotopic (exact) mass is 384 g/mol. The lowest BCUT2D eigenvalue weighted by molar-refractivity contribution is -0.213. The summed E-state index contributed by atoms with van der Waals surface area (Å²) in [7, 11) is 1.67. The average Bonchev–Trinajstić information content (AvgIpc) is 3.14. The topological polar surface area (TPSA) is 51.7 Å². The summed E-state index contributed by atoms with van der Waals surface area (Å²) in [6, 6.07) is 7.89. The van der Waals surface area contributed by atoms with Gasteiger partial charge >= 0.3 is 0 Å². The molecule has 6 heteroatoms. The maximum absolute atomic E-state index is 13.0. The van der Waals surface area contributed by atoms with Gasteiger partial charge in [-0.25, -0.2) is 4.98 Å². The number of ether oxygens (including phenoxy) is 2. The molecule has 1 aromatic carbocycles. The molecule has 6 rings (SSSR count). The van der Waals surface area contributed by atoms with E-state index in [4.69, 9.17) is 14.5 Å². The van der Waals surface area contributed by atoms with Crippen LogP contribution in [0.3, 0.4) is 0 Å². The van der Waals surface area contributed by atoms with Gasteiger partial charge in [-0.3, -0.25) is 4.79 Å². The fraction of sp³-hybridized carbons (Fsp3) is 0.524. The first-order valence-corrected chi connectivity index (χ1v) is 10.4. The molecule has 0 spiro atoms. The highest BCUT2D eigenvalue weighted by atomic mass is 32.1. The van der Waals surface area contributed by atoms with Crippen molar-refractivity contribution in [2.45, 2.75) is 32.3 Å². The van der Waals surface area contributed by atoms with Gasteiger partial charge < -0.3 is 14.4 Å². The second kappa shape index (κ2) is 6.04. The molecule has 2 heterocycles. The van der Waals surface area contributed by atoms with Gasteiger partial charge in [-0.15, -0.1) is 11.3 Å². The zero-order valence-electron chi connectivity index (χ0n) is 15.7. The van der Waals surface area contributed by atoms with Crippen molar-refractivity contribution in [2.75, 3.05) is 26.8 Å². The number of benzene rings is 1. The van der Waals surface area contributed by atoms with Crippen LogP contribution in [0.25, 0.3) is 11.3 Å². The molecule has 2 bridgehead atoms. The summed E-state index contributed by atoms with van der Waals surface area (Å²) in [5.41, 5.74) is 2.27. The standard InChI is InChI=1S/C21H24N2O3S/c1-20-11-21(12-20,13-20)19(24)23-7-8-26-17(9-23)18-22-15(10-27-18)14-5-3-4-6-16(14)25-2/h3-6,10,17H,7-9,11-13H2,1-2H3/t17-,20?,21?/m1/s1. The Kier molecular flexibility index (Phi) is 3.85. The second-order valence-corrected chi connectivity index (χ2v) is 9.39. The number of carbonyl (C=O) groups is 1. The van der Waals surface area contributed by atoms with E-state index in [1.807, 2.05) is 34.5 Å². The van der Waals surface area contributed by atoms with Gasteiger partial charge in [-0.2, -0.15) is 0 Å². The van der Waals surface area contributed by atoms with Crippen LogP contribution in [0, 0.1) is 10.8 Å². The third-order valence-corrected chi connectivity index (χ3v) is 7.22. The number of carbonyl (C=O) groups excluding carboxylic acids is 1. The third-order valence-electron chi connectivity index (χ3n) is 6.28. The first-order valence-electron chi connectivity index (χ1n) is 9.52. The largest absolute Gasteiger partial charge is 0.496 e. The molecule has 4 aliphatic rings. The van der Waals surface area contributed by atoms with Gasteiger partial charge in [-0.1, -0.05) is 19.1 Å². The van der Waals surface area contributed by atoms with Crippen LogP contribution >= 0.6 is 11.3 Å². The molecule has 3 aliphatic carbocycles. The highest BCUT2D eigenvalue weighted by Crippen LogP contribution is 2.73. The van der Waals surface area contributed by atoms with E-state index in [0.29, 0.717) is 31.0 Å². The summed E-state index contributed by atoms with van der Waals surface area (Å²) in [5, 5.41) is 2.97. The summed E-state index contributed by atoms with van der Waals surface area (Å²) in [6.07, 6.45) is 3.06. The average molecular weight is 385 g/mol. The zero-order chi connectivity index (χ0) is 18.6. The molecule has 27 heavy (non-hydrogen) atoms. The van der Waals surface area contributed by atoms with Crippen LogP contribution in [-0.4, -0.2) is 42.6 Å². The van der Waals surface area contributed by atoms with Crippen molar-refractivity contribution in [1.82, 2.24) is 9.88 Å². The number of thiazole rings is 1. The molecule has 3 saturated carbocycles. The number of hydrogen-bond donors (Lipinski definition) is 0. The Morgan fingerprint density at radius 3 is 2.85 bits per heavy atom. The Balaban J connectivity index is 1.32. The van der Waals surface area contributed by atoms with Crippen LogP contribution in [0.1, 0.15) is 37.3 Å². The summed E-state index contributed by atoms with van der Waals surface area (Å²) < 4.78 is 11.4. The van der Waals surface area contributed by atoms with Crippen LogP contribution in [0.4, 0.5) is 0 Å². The molecule has 1 saturated heterocycles. The lowest BCUT2D eigenvalue weighted by atomic mass is 9.35. The highest BCUT2D eigenvalue weighted by molar-refractivity contribution is 7.10. The van der Waals surface area contributed by atoms with Crippen molar-refractivity contribution in [3.8, 4) is 17.0 Å². The molecule has 4 fully saturated rings. The lowest BCUT2D eigenvalue weighted by Gasteiger charge is -2.69. The van der Waals surface area contributed by atoms with Gasteiger partial charge in [0, 0.05) is 17.5 Å². The second-order valence-electron chi connectivity index (χ2n) is 8.50. The fourth-order valence-corrected chi connectivity index (χ4v) is 6.11. The number of morpholine rings is 1. The molecule has 142 valence electrons. The Morgan fingerprint density at radius 1 is 1.33 bits per heavy atom. The number of methoxy groups -OCH3 is 1. The van der Waals surface area contributed by atoms with Crippen LogP contribution in [0.5, 0.6) is 5.75 Å². The molecule has 1 atom stereocenters. The summed E-state index contributed by atoms with van der Waals surface area (Å²) >= 11 is 1.59. The molecule has 1 amide bonds. The van der Waals surface area contributed by atoms with Crippen molar-refractivity contribution in [1.29, 1.82) is 0 Å². The van der Waals surface area contributed by atoms with Crippen molar-refractivity contribution in [2.24, 2.45) is 10.8 Å². The van der Waals surface area contributed by atoms with E-state index in [0.717, 1.165) is 41.3 Å². The normalized spacial score (nSPS) is 31.8. The first-order chi connectivity index (χ1) is 13.0. The van der Waals surface area contributed by atoms with E-state index < -0.39 is 0 Å². The zero-order valence-corrected chi connectivity index (χ0v) is 16.6. The van der Waals surface area contributed by atoms with Crippen LogP contribution < -0.4 is 4.74 Å². The molecule has 1 aliphatic heterocycles. The van der Waals surface area contributed by atoms with Crippen LogP contribution in [-0.2, 0) is 9.53 Å². The number of hydrogen-bond acceptors (Lipinski definition) is 5. The third kappa shape index (κ3) is 2.69. The molecule has 0 radical (unpaired) electrons. The van der Waals surface area contributed by atoms with Gasteiger partial charge in [0.2, 0.25) is 5.91 Å². The number of para-hydroxylation sites is 1. The minimum absolute atomic E-state index is 0.0535. The maximum atomic E-state index is 13.0. The molecule has 0 N–H and O–H groups in total. The predicted octanol–water partition coefficient (Wildman–Crippen LogP) is 3.91. The Morgan fingerprint density at radius 2 is 2.11 bits per heavy atom.